The number of anilines is 1. The van der Waals surface area contributed by atoms with Crippen molar-refractivity contribution in [3.05, 3.63) is 63.1 Å². The molecule has 3 aromatic rings. The Morgan fingerprint density at radius 3 is 2.53 bits per heavy atom. The molecule has 0 radical (unpaired) electrons. The van der Waals surface area contributed by atoms with E-state index in [2.05, 4.69) is 21.4 Å². The molecule has 0 spiro atoms. The average Bonchev–Trinajstić information content (AvgIpc) is 2.93. The third kappa shape index (κ3) is 5.85. The van der Waals surface area contributed by atoms with Gasteiger partial charge in [0.1, 0.15) is 39.4 Å². The van der Waals surface area contributed by atoms with Crippen LogP contribution in [0, 0.1) is 24.1 Å². The monoisotopic (exact) mass is 618 g/mol. The van der Waals surface area contributed by atoms with E-state index in [4.69, 9.17) is 4.74 Å². The zero-order valence-corrected chi connectivity index (χ0v) is 25.1. The first-order valence-electron chi connectivity index (χ1n) is 13.9. The topological polar surface area (TPSA) is 130 Å². The Hall–Kier alpha value is -3.54. The molecule has 43 heavy (non-hydrogen) atoms. The molecule has 2 aromatic heterocycles. The summed E-state index contributed by atoms with van der Waals surface area (Å²) in [6.07, 6.45) is -0.291. The first-order valence-corrected chi connectivity index (χ1v) is 15.7. The van der Waals surface area contributed by atoms with E-state index < -0.39 is 50.8 Å². The van der Waals surface area contributed by atoms with Crippen LogP contribution in [-0.2, 0) is 33.0 Å². The van der Waals surface area contributed by atoms with Crippen LogP contribution in [0.4, 0.5) is 19.0 Å². The van der Waals surface area contributed by atoms with Gasteiger partial charge >= 0.3 is 0 Å². The summed E-state index contributed by atoms with van der Waals surface area (Å²) >= 11 is 0. The van der Waals surface area contributed by atoms with Crippen molar-refractivity contribution in [2.24, 2.45) is 7.05 Å². The number of likely N-dealkylation sites (tertiary alicyclic amines) is 1. The first kappa shape index (κ1) is 30.9. The number of ether oxygens (including phenoxy) is 1. The molecule has 1 aromatic carbocycles. The van der Waals surface area contributed by atoms with Crippen LogP contribution >= 0.6 is 0 Å². The molecule has 4 heterocycles. The molecule has 2 saturated heterocycles. The molecule has 2 fully saturated rings. The summed E-state index contributed by atoms with van der Waals surface area (Å²) in [6, 6.07) is 6.73. The number of nitrogens with one attached hydrogen (secondary N) is 1. The predicted octanol–water partition coefficient (Wildman–Crippen LogP) is 3.34. The molecule has 5 rings (SSSR count). The number of fused-ring (bicyclic) bond motifs is 1. The quantitative estimate of drug-likeness (QED) is 0.404. The molecule has 2 aliphatic rings. The minimum absolute atomic E-state index is 0.0177. The average molecular weight is 619 g/mol. The minimum Gasteiger partial charge on any atom is -0.369 e. The third-order valence-corrected chi connectivity index (χ3v) is 10.0. The van der Waals surface area contributed by atoms with Gasteiger partial charge < -0.3 is 19.5 Å². The summed E-state index contributed by atoms with van der Waals surface area (Å²) < 4.78 is 76.6. The normalized spacial score (nSPS) is 19.5. The molecule has 14 heteroatoms. The van der Waals surface area contributed by atoms with Gasteiger partial charge in [-0.15, -0.1) is 0 Å². The fourth-order valence-electron chi connectivity index (χ4n) is 5.76. The molecule has 1 N–H and O–H groups in total. The van der Waals surface area contributed by atoms with E-state index in [0.717, 1.165) is 6.07 Å². The van der Waals surface area contributed by atoms with E-state index in [9.17, 15) is 18.5 Å². The number of aryl methyl sites for hydroxylation is 1. The number of benzene rings is 1. The van der Waals surface area contributed by atoms with Crippen LogP contribution in [0.3, 0.4) is 0 Å². The molecule has 10 nitrogen and oxygen atoms in total. The number of nitrogens with zero attached hydrogens (tertiary/aromatic N) is 5. The molecule has 0 unspecified atom stereocenters. The van der Waals surface area contributed by atoms with Gasteiger partial charge in [0.2, 0.25) is 0 Å². The van der Waals surface area contributed by atoms with Crippen molar-refractivity contribution in [2.75, 3.05) is 43.6 Å². The van der Waals surface area contributed by atoms with Gasteiger partial charge in [-0.1, -0.05) is 12.1 Å². The molecule has 0 bridgehead atoms. The fourth-order valence-corrected chi connectivity index (χ4v) is 7.28. The molecule has 0 amide bonds. The van der Waals surface area contributed by atoms with Crippen LogP contribution < -0.4 is 10.9 Å². The summed E-state index contributed by atoms with van der Waals surface area (Å²) in [5, 5.41) is 13.5. The number of rotatable bonds is 8. The molecule has 0 aliphatic carbocycles. The maximum atomic E-state index is 15.6. The van der Waals surface area contributed by atoms with Crippen LogP contribution in [-0.4, -0.2) is 72.2 Å². The predicted molar refractivity (Wildman–Crippen MR) is 154 cm³/mol. The smallest absolute Gasteiger partial charge is 0.298 e. The number of hydrogen-bond acceptors (Lipinski definition) is 9. The van der Waals surface area contributed by atoms with Gasteiger partial charge in [0, 0.05) is 31.4 Å². The summed E-state index contributed by atoms with van der Waals surface area (Å²) in [7, 11) is 0.0495. The zero-order valence-electron chi connectivity index (χ0n) is 24.3. The minimum atomic E-state index is -3.56. The molecule has 1 atom stereocenters. The number of sulfone groups is 1. The summed E-state index contributed by atoms with van der Waals surface area (Å²) in [5.74, 6) is -4.64. The Labute approximate surface area is 247 Å². The van der Waals surface area contributed by atoms with Crippen LogP contribution in [0.2, 0.25) is 0 Å². The van der Waals surface area contributed by atoms with Gasteiger partial charge in [-0.2, -0.15) is 14.0 Å². The molecular weight excluding hydrogens is 585 g/mol. The van der Waals surface area contributed by atoms with Crippen LogP contribution in [0.25, 0.3) is 10.9 Å². The van der Waals surface area contributed by atoms with Gasteiger partial charge in [-0.3, -0.25) is 4.79 Å². The second kappa shape index (κ2) is 11.2. The number of likely N-dealkylation sites (N-methyl/N-ethyl adjacent to an activating group) is 1. The Bertz CT molecular complexity index is 1770. The SMILES string of the molecule is Cc1nc(N[C@H](C)c2cccc(C(F)(F)COC3CN(C)C3)c2F)c2cc(C3(C#N)CCS(=O)(=O)CC3)n(C)c(=O)c2n1. The highest BCUT2D eigenvalue weighted by atomic mass is 32.2. The lowest BCUT2D eigenvalue weighted by atomic mass is 9.79. The van der Waals surface area contributed by atoms with Crippen LogP contribution in [0.5, 0.6) is 0 Å². The number of halogens is 3. The second-order valence-electron chi connectivity index (χ2n) is 11.6. The largest absolute Gasteiger partial charge is 0.369 e. The summed E-state index contributed by atoms with van der Waals surface area (Å²) in [5.41, 5.74) is -2.21. The number of nitriles is 1. The molecule has 230 valence electrons. The lowest BCUT2D eigenvalue weighted by Crippen LogP contribution is -2.50. The highest BCUT2D eigenvalue weighted by Crippen LogP contribution is 2.38. The highest BCUT2D eigenvalue weighted by Gasteiger charge is 2.42. The first-order chi connectivity index (χ1) is 20.2. The van der Waals surface area contributed by atoms with Gasteiger partial charge in [-0.05, 0) is 45.9 Å². The number of pyridine rings is 1. The fraction of sp³-hybridized carbons (Fsp3) is 0.517. The van der Waals surface area contributed by atoms with Crippen molar-refractivity contribution < 1.29 is 26.3 Å². The number of hydrogen-bond donors (Lipinski definition) is 1. The Kier molecular flexibility index (Phi) is 8.04. The van der Waals surface area contributed by atoms with Crippen molar-refractivity contribution >= 4 is 26.6 Å². The van der Waals surface area contributed by atoms with E-state index in [1.54, 1.807) is 19.9 Å². The van der Waals surface area contributed by atoms with Gasteiger partial charge in [0.15, 0.2) is 0 Å². The Morgan fingerprint density at radius 2 is 1.91 bits per heavy atom. The lowest BCUT2D eigenvalue weighted by molar-refractivity contribution is -0.134. The van der Waals surface area contributed by atoms with Crippen molar-refractivity contribution in [3.63, 3.8) is 0 Å². The van der Waals surface area contributed by atoms with E-state index in [0.29, 0.717) is 18.8 Å². The zero-order chi connectivity index (χ0) is 31.3. The van der Waals surface area contributed by atoms with Crippen molar-refractivity contribution in [2.45, 2.75) is 50.2 Å². The maximum Gasteiger partial charge on any atom is 0.298 e. The van der Waals surface area contributed by atoms with Crippen LogP contribution in [0.1, 0.15) is 48.5 Å². The van der Waals surface area contributed by atoms with E-state index >= 15 is 13.2 Å². The van der Waals surface area contributed by atoms with Crippen LogP contribution in [0.15, 0.2) is 29.1 Å². The van der Waals surface area contributed by atoms with E-state index in [1.165, 1.54) is 23.7 Å². The van der Waals surface area contributed by atoms with Gasteiger partial charge in [-0.25, -0.2) is 22.8 Å². The van der Waals surface area contributed by atoms with Gasteiger partial charge in [0.25, 0.3) is 11.5 Å². The highest BCUT2D eigenvalue weighted by molar-refractivity contribution is 7.91. The lowest BCUT2D eigenvalue weighted by Gasteiger charge is -2.36. The Balaban J connectivity index is 1.50. The maximum absolute atomic E-state index is 15.6. The van der Waals surface area contributed by atoms with Gasteiger partial charge in [0.05, 0.1) is 46.1 Å². The van der Waals surface area contributed by atoms with E-state index in [1.807, 2.05) is 11.9 Å². The molecule has 2 aliphatic heterocycles. The second-order valence-corrected chi connectivity index (χ2v) is 13.9. The standard InChI is InChI=1S/C29H33F3N6O4S/c1-17(20-6-5-7-22(24(20)30)29(31,32)16-42-19-13-37(3)14-19)34-26-21-12-23(28(15-33)8-10-43(40,41)11-9-28)38(4)27(39)25(21)35-18(2)36-26/h5-7,12,17,19H,8-11,13-14,16H2,1-4H3,(H,34,35,36)/t17-/m1/s1. The molecule has 0 saturated carbocycles. The number of aromatic nitrogens is 3. The molecular formula is C29H33F3N6O4S. The summed E-state index contributed by atoms with van der Waals surface area (Å²) in [4.78, 5) is 24.1. The van der Waals surface area contributed by atoms with E-state index in [-0.39, 0.29) is 58.6 Å². The summed E-state index contributed by atoms with van der Waals surface area (Å²) in [6.45, 7) is 3.27. The van der Waals surface area contributed by atoms with Crippen molar-refractivity contribution in [1.82, 2.24) is 19.4 Å². The Morgan fingerprint density at radius 1 is 1.23 bits per heavy atom. The van der Waals surface area contributed by atoms with Crippen molar-refractivity contribution in [1.29, 1.82) is 5.26 Å². The number of alkyl halides is 2. The van der Waals surface area contributed by atoms with Crippen molar-refractivity contribution in [3.8, 4) is 6.07 Å². The third-order valence-electron chi connectivity index (χ3n) is 8.36.